The molecule has 4 rings (SSSR count). The van der Waals surface area contributed by atoms with Crippen LogP contribution >= 0.6 is 0 Å². The number of nitrogens with one attached hydrogen (secondary N) is 2. The maximum atomic E-state index is 12.8. The highest BCUT2D eigenvalue weighted by Gasteiger charge is 2.33. The van der Waals surface area contributed by atoms with Crippen molar-refractivity contribution in [2.24, 2.45) is 0 Å². The van der Waals surface area contributed by atoms with Crippen LogP contribution in [0.25, 0.3) is 0 Å². The second-order valence-electron chi connectivity index (χ2n) is 8.28. The number of methoxy groups -OCH3 is 1. The van der Waals surface area contributed by atoms with Gasteiger partial charge < -0.3 is 25.0 Å². The van der Waals surface area contributed by atoms with Gasteiger partial charge in [-0.3, -0.25) is 14.4 Å². The molecule has 0 saturated carbocycles. The molecule has 2 N–H and O–H groups in total. The molecule has 2 aliphatic heterocycles. The summed E-state index contributed by atoms with van der Waals surface area (Å²) < 4.78 is 10.9. The summed E-state index contributed by atoms with van der Waals surface area (Å²) in [6.45, 7) is 1.00. The lowest BCUT2D eigenvalue weighted by atomic mass is 10.0. The summed E-state index contributed by atoms with van der Waals surface area (Å²) >= 11 is 0. The molecule has 8 nitrogen and oxygen atoms in total. The predicted molar refractivity (Wildman–Crippen MR) is 124 cm³/mol. The van der Waals surface area contributed by atoms with Crippen LogP contribution in [-0.2, 0) is 20.8 Å². The average molecular weight is 452 g/mol. The Morgan fingerprint density at radius 2 is 1.91 bits per heavy atom. The van der Waals surface area contributed by atoms with E-state index in [2.05, 4.69) is 10.6 Å². The van der Waals surface area contributed by atoms with E-state index in [0.29, 0.717) is 50.9 Å². The third-order valence-corrected chi connectivity index (χ3v) is 6.01. The molecule has 1 fully saturated rings. The molecule has 2 heterocycles. The first-order chi connectivity index (χ1) is 16.0. The normalized spacial score (nSPS) is 17.2. The molecule has 1 atom stereocenters. The van der Waals surface area contributed by atoms with Crippen molar-refractivity contribution in [3.63, 3.8) is 0 Å². The molecule has 2 aliphatic rings. The van der Waals surface area contributed by atoms with Crippen molar-refractivity contribution in [3.05, 3.63) is 48.0 Å². The molecule has 0 spiro atoms. The molecule has 0 aliphatic carbocycles. The highest BCUT2D eigenvalue weighted by atomic mass is 16.5. The summed E-state index contributed by atoms with van der Waals surface area (Å²) in [7, 11) is 1.59. The standard InChI is InChI=1S/C25H29N3O5/c1-32-19-9-7-18(8-10-19)26-25(31)22-4-2-14-28(22)24(30)5-3-15-33-20-11-12-21-17(16-20)6-13-23(29)27-21/h7-12,16,22H,2-6,13-15H2,1H3,(H,26,31)(H,27,29). The van der Waals surface area contributed by atoms with Gasteiger partial charge in [0.2, 0.25) is 17.7 Å². The van der Waals surface area contributed by atoms with Gasteiger partial charge in [0.25, 0.3) is 0 Å². The van der Waals surface area contributed by atoms with E-state index in [1.165, 1.54) is 0 Å². The van der Waals surface area contributed by atoms with Crippen LogP contribution in [0.1, 0.15) is 37.7 Å². The molecular weight excluding hydrogens is 422 g/mol. The Bertz CT molecular complexity index is 1020. The number of nitrogens with zero attached hydrogens (tertiary/aromatic N) is 1. The van der Waals surface area contributed by atoms with E-state index in [1.54, 1.807) is 36.3 Å². The van der Waals surface area contributed by atoms with Crippen LogP contribution in [0.5, 0.6) is 11.5 Å². The van der Waals surface area contributed by atoms with Gasteiger partial charge in [-0.2, -0.15) is 0 Å². The lowest BCUT2D eigenvalue weighted by Crippen LogP contribution is -2.43. The minimum absolute atomic E-state index is 0.0286. The Labute approximate surface area is 193 Å². The monoisotopic (exact) mass is 451 g/mol. The highest BCUT2D eigenvalue weighted by molar-refractivity contribution is 5.97. The van der Waals surface area contributed by atoms with Crippen LogP contribution < -0.4 is 20.1 Å². The van der Waals surface area contributed by atoms with Gasteiger partial charge in [0, 0.05) is 30.8 Å². The summed E-state index contributed by atoms with van der Waals surface area (Å²) in [5, 5.41) is 5.75. The average Bonchev–Trinajstić information content (AvgIpc) is 3.32. The van der Waals surface area contributed by atoms with Crippen LogP contribution in [0.3, 0.4) is 0 Å². The number of rotatable bonds is 8. The first-order valence-corrected chi connectivity index (χ1v) is 11.3. The van der Waals surface area contributed by atoms with Crippen LogP contribution in [-0.4, -0.2) is 48.9 Å². The molecule has 2 aromatic carbocycles. The maximum absolute atomic E-state index is 12.8. The van der Waals surface area contributed by atoms with Gasteiger partial charge in [-0.15, -0.1) is 0 Å². The van der Waals surface area contributed by atoms with Crippen molar-refractivity contribution in [2.45, 2.75) is 44.6 Å². The molecule has 0 aromatic heterocycles. The minimum Gasteiger partial charge on any atom is -0.497 e. The first kappa shape index (κ1) is 22.6. The number of aryl methyl sites for hydroxylation is 1. The van der Waals surface area contributed by atoms with Crippen LogP contribution in [0.15, 0.2) is 42.5 Å². The van der Waals surface area contributed by atoms with E-state index >= 15 is 0 Å². The SMILES string of the molecule is COc1ccc(NC(=O)C2CCCN2C(=O)CCCOc2ccc3c(c2)CCC(=O)N3)cc1. The fourth-order valence-electron chi connectivity index (χ4n) is 4.24. The molecule has 1 saturated heterocycles. The predicted octanol–water partition coefficient (Wildman–Crippen LogP) is 3.37. The fourth-order valence-corrected chi connectivity index (χ4v) is 4.24. The summed E-state index contributed by atoms with van der Waals surface area (Å²) in [6.07, 6.45) is 3.55. The molecule has 1 unspecified atom stereocenters. The second kappa shape index (κ2) is 10.4. The molecular formula is C25H29N3O5. The lowest BCUT2D eigenvalue weighted by Gasteiger charge is -2.24. The third kappa shape index (κ3) is 5.63. The Balaban J connectivity index is 1.24. The lowest BCUT2D eigenvalue weighted by molar-refractivity contribution is -0.136. The molecule has 0 radical (unpaired) electrons. The van der Waals surface area contributed by atoms with Gasteiger partial charge >= 0.3 is 0 Å². The van der Waals surface area contributed by atoms with Crippen LogP contribution in [0.2, 0.25) is 0 Å². The van der Waals surface area contributed by atoms with E-state index in [1.807, 2.05) is 18.2 Å². The van der Waals surface area contributed by atoms with E-state index in [4.69, 9.17) is 9.47 Å². The maximum Gasteiger partial charge on any atom is 0.247 e. The summed E-state index contributed by atoms with van der Waals surface area (Å²) in [4.78, 5) is 38.7. The molecule has 0 bridgehead atoms. The van der Waals surface area contributed by atoms with Crippen molar-refractivity contribution in [1.82, 2.24) is 4.90 Å². The zero-order valence-corrected chi connectivity index (χ0v) is 18.8. The van der Waals surface area contributed by atoms with E-state index < -0.39 is 6.04 Å². The zero-order valence-electron chi connectivity index (χ0n) is 18.8. The molecule has 174 valence electrons. The van der Waals surface area contributed by atoms with Crippen molar-refractivity contribution in [2.75, 3.05) is 30.9 Å². The first-order valence-electron chi connectivity index (χ1n) is 11.3. The van der Waals surface area contributed by atoms with Gasteiger partial charge in [-0.1, -0.05) is 0 Å². The Morgan fingerprint density at radius 1 is 1.12 bits per heavy atom. The number of hydrogen-bond acceptors (Lipinski definition) is 5. The summed E-state index contributed by atoms with van der Waals surface area (Å²) in [5.41, 5.74) is 2.57. The Morgan fingerprint density at radius 3 is 2.70 bits per heavy atom. The van der Waals surface area contributed by atoms with E-state index in [0.717, 1.165) is 29.2 Å². The summed E-state index contributed by atoms with van der Waals surface area (Å²) in [6, 6.07) is 12.3. The third-order valence-electron chi connectivity index (χ3n) is 6.01. The Hall–Kier alpha value is -3.55. The van der Waals surface area contributed by atoms with Crippen molar-refractivity contribution >= 4 is 29.1 Å². The van der Waals surface area contributed by atoms with E-state index in [-0.39, 0.29) is 17.7 Å². The minimum atomic E-state index is -0.448. The van der Waals surface area contributed by atoms with Crippen molar-refractivity contribution in [3.8, 4) is 11.5 Å². The number of carbonyl (C=O) groups excluding carboxylic acids is 3. The van der Waals surface area contributed by atoms with Crippen LogP contribution in [0, 0.1) is 0 Å². The smallest absolute Gasteiger partial charge is 0.247 e. The fraction of sp³-hybridized carbons (Fsp3) is 0.400. The Kier molecular flexibility index (Phi) is 7.12. The number of anilines is 2. The number of hydrogen-bond donors (Lipinski definition) is 2. The van der Waals surface area contributed by atoms with Gasteiger partial charge in [0.1, 0.15) is 17.5 Å². The highest BCUT2D eigenvalue weighted by Crippen LogP contribution is 2.27. The second-order valence-corrected chi connectivity index (χ2v) is 8.28. The van der Waals surface area contributed by atoms with Gasteiger partial charge in [0.05, 0.1) is 13.7 Å². The van der Waals surface area contributed by atoms with E-state index in [9.17, 15) is 14.4 Å². The number of fused-ring (bicyclic) bond motifs is 1. The number of ether oxygens (including phenoxy) is 2. The van der Waals surface area contributed by atoms with Gasteiger partial charge in [-0.05, 0) is 73.7 Å². The number of carbonyl (C=O) groups is 3. The van der Waals surface area contributed by atoms with Gasteiger partial charge in [0.15, 0.2) is 0 Å². The summed E-state index contributed by atoms with van der Waals surface area (Å²) in [5.74, 6) is 1.29. The molecule has 3 amide bonds. The largest absolute Gasteiger partial charge is 0.497 e. The quantitative estimate of drug-likeness (QED) is 0.600. The molecule has 8 heteroatoms. The van der Waals surface area contributed by atoms with Gasteiger partial charge in [-0.25, -0.2) is 0 Å². The number of benzene rings is 2. The van der Waals surface area contributed by atoms with Crippen molar-refractivity contribution in [1.29, 1.82) is 0 Å². The number of amides is 3. The topological polar surface area (TPSA) is 97.0 Å². The number of likely N-dealkylation sites (tertiary alicyclic amines) is 1. The van der Waals surface area contributed by atoms with Crippen molar-refractivity contribution < 1.29 is 23.9 Å². The molecule has 33 heavy (non-hydrogen) atoms. The molecule has 2 aromatic rings. The van der Waals surface area contributed by atoms with Crippen LogP contribution in [0.4, 0.5) is 11.4 Å². The zero-order chi connectivity index (χ0) is 23.2.